The van der Waals surface area contributed by atoms with E-state index in [2.05, 4.69) is 5.10 Å². The van der Waals surface area contributed by atoms with Crippen molar-refractivity contribution in [1.82, 2.24) is 14.7 Å². The number of rotatable bonds is 4. The van der Waals surface area contributed by atoms with Gasteiger partial charge in [-0.05, 0) is 49.8 Å². The number of aromatic nitrogens is 2. The van der Waals surface area contributed by atoms with Gasteiger partial charge < -0.3 is 4.90 Å². The third-order valence-corrected chi connectivity index (χ3v) is 5.21. The summed E-state index contributed by atoms with van der Waals surface area (Å²) in [6.45, 7) is 3.96. The van der Waals surface area contributed by atoms with Crippen LogP contribution >= 0.6 is 11.6 Å². The minimum Gasteiger partial charge on any atom is -0.338 e. The number of amides is 1. The molecule has 0 spiro atoms. The monoisotopic (exact) mass is 349 g/mol. The number of hydrogen-bond acceptors (Lipinski definition) is 2. The van der Waals surface area contributed by atoms with Crippen LogP contribution in [-0.2, 0) is 6.54 Å². The van der Waals surface area contributed by atoms with Gasteiger partial charge >= 0.3 is 0 Å². The highest BCUT2D eigenvalue weighted by molar-refractivity contribution is 6.34. The quantitative estimate of drug-likeness (QED) is 0.838. The molecule has 0 aliphatic carbocycles. The van der Waals surface area contributed by atoms with E-state index in [0.29, 0.717) is 19.0 Å². The molecule has 1 aromatic heterocycles. The summed E-state index contributed by atoms with van der Waals surface area (Å²) in [5, 5.41) is 4.43. The summed E-state index contributed by atoms with van der Waals surface area (Å²) in [7, 11) is 0. The first-order valence-electron chi connectivity index (χ1n) is 8.27. The molecular formula is C18H21ClFN3O. The maximum atomic E-state index is 14.0. The van der Waals surface area contributed by atoms with E-state index in [4.69, 9.17) is 11.6 Å². The topological polar surface area (TPSA) is 38.1 Å². The Kier molecular flexibility index (Phi) is 5.19. The number of carbonyl (C=O) groups is 1. The second-order valence-corrected chi connectivity index (χ2v) is 6.72. The fourth-order valence-corrected chi connectivity index (χ4v) is 3.42. The van der Waals surface area contributed by atoms with Gasteiger partial charge in [0.25, 0.3) is 5.91 Å². The van der Waals surface area contributed by atoms with E-state index < -0.39 is 5.82 Å². The van der Waals surface area contributed by atoms with Crippen LogP contribution in [0.4, 0.5) is 4.39 Å². The predicted octanol–water partition coefficient (Wildman–Crippen LogP) is 3.93. The van der Waals surface area contributed by atoms with Crippen LogP contribution in [0.25, 0.3) is 0 Å². The summed E-state index contributed by atoms with van der Waals surface area (Å²) < 4.78 is 16.0. The van der Waals surface area contributed by atoms with Crippen LogP contribution in [-0.4, -0.2) is 33.7 Å². The maximum Gasteiger partial charge on any atom is 0.258 e. The molecule has 0 saturated carbocycles. The Morgan fingerprint density at radius 2 is 2.12 bits per heavy atom. The summed E-state index contributed by atoms with van der Waals surface area (Å²) in [6, 6.07) is 4.82. The summed E-state index contributed by atoms with van der Waals surface area (Å²) in [6.07, 6.45) is 6.64. The van der Waals surface area contributed by atoms with Gasteiger partial charge in [-0.25, -0.2) is 4.39 Å². The zero-order valence-corrected chi connectivity index (χ0v) is 14.5. The van der Waals surface area contributed by atoms with Crippen molar-refractivity contribution < 1.29 is 9.18 Å². The van der Waals surface area contributed by atoms with Crippen molar-refractivity contribution in [1.29, 1.82) is 0 Å². The van der Waals surface area contributed by atoms with Crippen LogP contribution < -0.4 is 0 Å². The van der Waals surface area contributed by atoms with Crippen molar-refractivity contribution in [3.8, 4) is 0 Å². The van der Waals surface area contributed by atoms with Crippen LogP contribution in [0.5, 0.6) is 0 Å². The third-order valence-electron chi connectivity index (χ3n) is 4.73. The van der Waals surface area contributed by atoms with Crippen molar-refractivity contribution >= 4 is 17.5 Å². The Bertz CT molecular complexity index is 709. The van der Waals surface area contributed by atoms with Crippen LogP contribution in [0.2, 0.25) is 5.02 Å². The Labute approximate surface area is 146 Å². The predicted molar refractivity (Wildman–Crippen MR) is 91.6 cm³/mol. The summed E-state index contributed by atoms with van der Waals surface area (Å²) in [4.78, 5) is 14.3. The van der Waals surface area contributed by atoms with E-state index in [1.807, 2.05) is 16.9 Å². The molecule has 1 fully saturated rings. The molecule has 0 unspecified atom stereocenters. The van der Waals surface area contributed by atoms with Gasteiger partial charge in [-0.1, -0.05) is 17.7 Å². The lowest BCUT2D eigenvalue weighted by Crippen LogP contribution is -2.39. The highest BCUT2D eigenvalue weighted by Crippen LogP contribution is 2.27. The smallest absolute Gasteiger partial charge is 0.258 e. The molecule has 1 aliphatic rings. The molecular weight excluding hydrogens is 329 g/mol. The lowest BCUT2D eigenvalue weighted by molar-refractivity contribution is 0.0680. The minimum atomic E-state index is -0.545. The zero-order valence-electron chi connectivity index (χ0n) is 13.7. The number of piperidine rings is 1. The molecule has 0 bridgehead atoms. The Morgan fingerprint density at radius 3 is 2.79 bits per heavy atom. The molecule has 2 aromatic rings. The van der Waals surface area contributed by atoms with Crippen LogP contribution in [0.3, 0.4) is 0 Å². The Balaban J connectivity index is 1.58. The second kappa shape index (κ2) is 7.34. The molecule has 24 heavy (non-hydrogen) atoms. The standard InChI is InChI=1S/C18H21ClFN3O/c1-13-3-4-15(20)16(17(13)19)18(24)22-10-5-14(6-11-22)7-12-23-9-2-8-21-23/h2-4,8-9,14H,5-7,10-12H2,1H3. The molecule has 4 nitrogen and oxygen atoms in total. The van der Waals surface area contributed by atoms with E-state index in [0.717, 1.165) is 31.4 Å². The van der Waals surface area contributed by atoms with Crippen LogP contribution in [0.15, 0.2) is 30.6 Å². The summed E-state index contributed by atoms with van der Waals surface area (Å²) in [5.41, 5.74) is 0.724. The number of carbonyl (C=O) groups excluding carboxylic acids is 1. The molecule has 6 heteroatoms. The largest absolute Gasteiger partial charge is 0.338 e. The number of halogens is 2. The molecule has 2 heterocycles. The fraction of sp³-hybridized carbons (Fsp3) is 0.444. The zero-order chi connectivity index (χ0) is 17.1. The fourth-order valence-electron chi connectivity index (χ4n) is 3.18. The van der Waals surface area contributed by atoms with Gasteiger partial charge in [-0.15, -0.1) is 0 Å². The van der Waals surface area contributed by atoms with E-state index in [1.165, 1.54) is 6.07 Å². The lowest BCUT2D eigenvalue weighted by Gasteiger charge is -2.32. The van der Waals surface area contributed by atoms with Gasteiger partial charge in [-0.3, -0.25) is 9.48 Å². The Morgan fingerprint density at radius 1 is 1.38 bits per heavy atom. The van der Waals surface area contributed by atoms with E-state index in [1.54, 1.807) is 24.1 Å². The highest BCUT2D eigenvalue weighted by atomic mass is 35.5. The van der Waals surface area contributed by atoms with Gasteiger partial charge in [0, 0.05) is 32.0 Å². The molecule has 128 valence electrons. The van der Waals surface area contributed by atoms with Gasteiger partial charge in [0.15, 0.2) is 0 Å². The van der Waals surface area contributed by atoms with Crippen molar-refractivity contribution in [3.05, 3.63) is 52.6 Å². The van der Waals surface area contributed by atoms with Crippen molar-refractivity contribution in [3.63, 3.8) is 0 Å². The molecule has 0 radical (unpaired) electrons. The third kappa shape index (κ3) is 3.61. The Hall–Kier alpha value is -1.88. The molecule has 0 N–H and O–H groups in total. The van der Waals surface area contributed by atoms with Gasteiger partial charge in [0.2, 0.25) is 0 Å². The number of benzene rings is 1. The number of aryl methyl sites for hydroxylation is 2. The van der Waals surface area contributed by atoms with Crippen molar-refractivity contribution in [2.24, 2.45) is 5.92 Å². The average molecular weight is 350 g/mol. The van der Waals surface area contributed by atoms with Crippen molar-refractivity contribution in [2.45, 2.75) is 32.7 Å². The van der Waals surface area contributed by atoms with Gasteiger partial charge in [-0.2, -0.15) is 5.10 Å². The van der Waals surface area contributed by atoms with Crippen LogP contribution in [0.1, 0.15) is 35.2 Å². The summed E-state index contributed by atoms with van der Waals surface area (Å²) in [5.74, 6) is -0.279. The molecule has 1 aliphatic heterocycles. The molecule has 1 saturated heterocycles. The van der Waals surface area contributed by atoms with Crippen LogP contribution in [0, 0.1) is 18.7 Å². The molecule has 1 amide bonds. The maximum absolute atomic E-state index is 14.0. The minimum absolute atomic E-state index is 0.00616. The normalized spacial score (nSPS) is 15.7. The van der Waals surface area contributed by atoms with Gasteiger partial charge in [0.1, 0.15) is 5.82 Å². The SMILES string of the molecule is Cc1ccc(F)c(C(=O)N2CCC(CCn3cccn3)CC2)c1Cl. The molecule has 0 atom stereocenters. The molecule has 3 rings (SSSR count). The van der Waals surface area contributed by atoms with E-state index >= 15 is 0 Å². The summed E-state index contributed by atoms with van der Waals surface area (Å²) >= 11 is 6.15. The first-order valence-corrected chi connectivity index (χ1v) is 8.65. The van der Waals surface area contributed by atoms with E-state index in [9.17, 15) is 9.18 Å². The number of likely N-dealkylation sites (tertiary alicyclic amines) is 1. The first kappa shape index (κ1) is 17.0. The first-order chi connectivity index (χ1) is 11.6. The second-order valence-electron chi connectivity index (χ2n) is 6.35. The van der Waals surface area contributed by atoms with Crippen molar-refractivity contribution in [2.75, 3.05) is 13.1 Å². The average Bonchev–Trinajstić information content (AvgIpc) is 3.10. The highest BCUT2D eigenvalue weighted by Gasteiger charge is 2.27. The van der Waals surface area contributed by atoms with Gasteiger partial charge in [0.05, 0.1) is 10.6 Å². The number of hydrogen-bond donors (Lipinski definition) is 0. The number of nitrogens with zero attached hydrogens (tertiary/aromatic N) is 3. The lowest BCUT2D eigenvalue weighted by atomic mass is 9.93. The molecule has 1 aromatic carbocycles. The van der Waals surface area contributed by atoms with E-state index in [-0.39, 0.29) is 16.5 Å².